The zero-order valence-electron chi connectivity index (χ0n) is 9.85. The second-order valence-electron chi connectivity index (χ2n) is 5.32. The molecule has 0 saturated carbocycles. The van der Waals surface area contributed by atoms with Crippen molar-refractivity contribution in [2.75, 3.05) is 0 Å². The molecule has 0 spiro atoms. The first-order chi connectivity index (χ1) is 6.32. The molecule has 0 aromatic carbocycles. The van der Waals surface area contributed by atoms with Gasteiger partial charge in [-0.05, 0) is 23.0 Å². The average Bonchev–Trinajstić information content (AvgIpc) is 2.01. The van der Waals surface area contributed by atoms with Crippen molar-refractivity contribution in [1.29, 1.82) is 0 Å². The van der Waals surface area contributed by atoms with Crippen molar-refractivity contribution in [3.8, 4) is 0 Å². The maximum Gasteiger partial charge on any atom is 0.159 e. The van der Waals surface area contributed by atoms with Gasteiger partial charge in [-0.3, -0.25) is 4.79 Å². The van der Waals surface area contributed by atoms with Gasteiger partial charge < -0.3 is 0 Å². The summed E-state index contributed by atoms with van der Waals surface area (Å²) in [5, 5.41) is 0. The zero-order chi connectivity index (χ0) is 10.9. The molecule has 0 fully saturated rings. The van der Waals surface area contributed by atoms with E-state index in [4.69, 9.17) is 0 Å². The van der Waals surface area contributed by atoms with Crippen molar-refractivity contribution < 1.29 is 4.79 Å². The van der Waals surface area contributed by atoms with Gasteiger partial charge in [0.2, 0.25) is 0 Å². The van der Waals surface area contributed by atoms with Crippen molar-refractivity contribution in [3.63, 3.8) is 0 Å². The fourth-order valence-corrected chi connectivity index (χ4v) is 1.86. The van der Waals surface area contributed by atoms with Crippen molar-refractivity contribution in [2.45, 2.75) is 41.0 Å². The van der Waals surface area contributed by atoms with Crippen LogP contribution in [0.25, 0.3) is 0 Å². The third kappa shape index (κ3) is 2.34. The molecule has 1 aliphatic carbocycles. The topological polar surface area (TPSA) is 17.1 Å². The summed E-state index contributed by atoms with van der Waals surface area (Å²) in [5.74, 6) is 0.743. The standard InChI is InChI=1S/C13H20O/c1-9(2)11-7-6-10(14)8-12(11)13(3,4)5/h6-7,9H,8H2,1-5H3. The maximum absolute atomic E-state index is 11.4. The van der Waals surface area contributed by atoms with Gasteiger partial charge in [0.25, 0.3) is 0 Å². The van der Waals surface area contributed by atoms with E-state index in [0.717, 1.165) is 0 Å². The van der Waals surface area contributed by atoms with Crippen LogP contribution in [0.4, 0.5) is 0 Å². The van der Waals surface area contributed by atoms with Crippen LogP contribution in [-0.4, -0.2) is 5.78 Å². The Morgan fingerprint density at radius 1 is 1.21 bits per heavy atom. The second kappa shape index (κ2) is 3.72. The molecular formula is C13H20O. The van der Waals surface area contributed by atoms with E-state index < -0.39 is 0 Å². The summed E-state index contributed by atoms with van der Waals surface area (Å²) in [6.07, 6.45) is 4.31. The maximum atomic E-state index is 11.4. The predicted octanol–water partition coefficient (Wildman–Crippen LogP) is 3.51. The predicted molar refractivity (Wildman–Crippen MR) is 60.1 cm³/mol. The van der Waals surface area contributed by atoms with Crippen LogP contribution in [-0.2, 0) is 4.79 Å². The Kier molecular flexibility index (Phi) is 2.98. The minimum absolute atomic E-state index is 0.111. The van der Waals surface area contributed by atoms with Crippen LogP contribution in [0.15, 0.2) is 23.3 Å². The van der Waals surface area contributed by atoms with Gasteiger partial charge in [-0.25, -0.2) is 0 Å². The van der Waals surface area contributed by atoms with E-state index in [9.17, 15) is 4.79 Å². The third-order valence-corrected chi connectivity index (χ3v) is 2.68. The lowest BCUT2D eigenvalue weighted by atomic mass is 9.76. The van der Waals surface area contributed by atoms with E-state index >= 15 is 0 Å². The van der Waals surface area contributed by atoms with Gasteiger partial charge in [-0.2, -0.15) is 0 Å². The normalized spacial score (nSPS) is 18.3. The quantitative estimate of drug-likeness (QED) is 0.621. The molecule has 14 heavy (non-hydrogen) atoms. The smallest absolute Gasteiger partial charge is 0.159 e. The van der Waals surface area contributed by atoms with E-state index in [1.165, 1.54) is 11.1 Å². The Labute approximate surface area is 86.9 Å². The molecule has 0 bridgehead atoms. The highest BCUT2D eigenvalue weighted by molar-refractivity contribution is 5.93. The molecule has 0 aromatic rings. The minimum Gasteiger partial charge on any atom is -0.294 e. The largest absolute Gasteiger partial charge is 0.294 e. The summed E-state index contributed by atoms with van der Waals surface area (Å²) in [4.78, 5) is 11.4. The molecule has 0 radical (unpaired) electrons. The van der Waals surface area contributed by atoms with Gasteiger partial charge in [0.1, 0.15) is 0 Å². The SMILES string of the molecule is CC(C)C1=C(C(C)(C)C)CC(=O)C=C1. The van der Waals surface area contributed by atoms with Gasteiger partial charge >= 0.3 is 0 Å². The molecule has 0 heterocycles. The van der Waals surface area contributed by atoms with Crippen molar-refractivity contribution in [2.24, 2.45) is 11.3 Å². The molecule has 0 aromatic heterocycles. The summed E-state index contributed by atoms with van der Waals surface area (Å²) in [5.41, 5.74) is 2.76. The summed E-state index contributed by atoms with van der Waals surface area (Å²) < 4.78 is 0. The van der Waals surface area contributed by atoms with Crippen LogP contribution in [0.1, 0.15) is 41.0 Å². The Morgan fingerprint density at radius 3 is 2.21 bits per heavy atom. The number of allylic oxidation sites excluding steroid dienone is 4. The van der Waals surface area contributed by atoms with E-state index in [-0.39, 0.29) is 11.2 Å². The van der Waals surface area contributed by atoms with Gasteiger partial charge in [0.15, 0.2) is 5.78 Å². The minimum atomic E-state index is 0.111. The first-order valence-corrected chi connectivity index (χ1v) is 5.27. The first kappa shape index (κ1) is 11.2. The monoisotopic (exact) mass is 192 g/mol. The fourth-order valence-electron chi connectivity index (χ4n) is 1.86. The van der Waals surface area contributed by atoms with Crippen LogP contribution >= 0.6 is 0 Å². The summed E-state index contributed by atoms with van der Waals surface area (Å²) >= 11 is 0. The number of hydrogen-bond donors (Lipinski definition) is 0. The lowest BCUT2D eigenvalue weighted by molar-refractivity contribution is -0.114. The van der Waals surface area contributed by atoms with Gasteiger partial charge in [-0.1, -0.05) is 46.3 Å². The van der Waals surface area contributed by atoms with Crippen LogP contribution < -0.4 is 0 Å². The molecule has 0 N–H and O–H groups in total. The Morgan fingerprint density at radius 2 is 1.79 bits per heavy atom. The zero-order valence-corrected chi connectivity index (χ0v) is 9.85. The number of carbonyl (C=O) groups excluding carboxylic acids is 1. The molecule has 0 atom stereocenters. The molecule has 1 rings (SSSR count). The van der Waals surface area contributed by atoms with Gasteiger partial charge in [0.05, 0.1) is 0 Å². The summed E-state index contributed by atoms with van der Waals surface area (Å²) in [6, 6.07) is 0. The molecule has 1 heteroatoms. The summed E-state index contributed by atoms with van der Waals surface area (Å²) in [6.45, 7) is 10.9. The van der Waals surface area contributed by atoms with Crippen LogP contribution in [0.5, 0.6) is 0 Å². The number of hydrogen-bond acceptors (Lipinski definition) is 1. The summed E-state index contributed by atoms with van der Waals surface area (Å²) in [7, 11) is 0. The van der Waals surface area contributed by atoms with Gasteiger partial charge in [-0.15, -0.1) is 0 Å². The molecule has 78 valence electrons. The molecule has 0 saturated heterocycles. The highest BCUT2D eigenvalue weighted by atomic mass is 16.1. The number of ketones is 1. The fraction of sp³-hybridized carbons (Fsp3) is 0.615. The van der Waals surface area contributed by atoms with Crippen molar-refractivity contribution >= 4 is 5.78 Å². The van der Waals surface area contributed by atoms with Crippen LogP contribution in [0, 0.1) is 11.3 Å². The second-order valence-corrected chi connectivity index (χ2v) is 5.32. The number of rotatable bonds is 1. The van der Waals surface area contributed by atoms with E-state index in [1.807, 2.05) is 6.08 Å². The molecule has 0 aliphatic heterocycles. The molecule has 1 aliphatic rings. The average molecular weight is 192 g/mol. The Balaban J connectivity index is 3.15. The third-order valence-electron chi connectivity index (χ3n) is 2.68. The number of carbonyl (C=O) groups is 1. The van der Waals surface area contributed by atoms with Crippen molar-refractivity contribution in [1.82, 2.24) is 0 Å². The van der Waals surface area contributed by atoms with Crippen LogP contribution in [0.3, 0.4) is 0 Å². The lowest BCUT2D eigenvalue weighted by Gasteiger charge is -2.29. The molecular weight excluding hydrogens is 172 g/mol. The highest BCUT2D eigenvalue weighted by Gasteiger charge is 2.25. The Hall–Kier alpha value is -0.850. The Bertz CT molecular complexity index is 298. The molecule has 1 nitrogen and oxygen atoms in total. The van der Waals surface area contributed by atoms with E-state index in [1.54, 1.807) is 6.08 Å². The van der Waals surface area contributed by atoms with Crippen molar-refractivity contribution in [3.05, 3.63) is 23.3 Å². The lowest BCUT2D eigenvalue weighted by Crippen LogP contribution is -2.19. The highest BCUT2D eigenvalue weighted by Crippen LogP contribution is 2.36. The molecule has 0 unspecified atom stereocenters. The molecule has 0 amide bonds. The van der Waals surface area contributed by atoms with E-state index in [2.05, 4.69) is 34.6 Å². The van der Waals surface area contributed by atoms with E-state index in [0.29, 0.717) is 12.3 Å². The van der Waals surface area contributed by atoms with Gasteiger partial charge in [0, 0.05) is 6.42 Å². The first-order valence-electron chi connectivity index (χ1n) is 5.27. The van der Waals surface area contributed by atoms with Crippen LogP contribution in [0.2, 0.25) is 0 Å².